The fourth-order valence-electron chi connectivity index (χ4n) is 2.35. The van der Waals surface area contributed by atoms with Gasteiger partial charge in [-0.1, -0.05) is 0 Å². The number of nitrogens with one attached hydrogen (secondary N) is 2. The fourth-order valence-corrected chi connectivity index (χ4v) is 2.35. The molecular weight excluding hydrogens is 216 g/mol. The second-order valence-corrected chi connectivity index (χ2v) is 4.60. The number of aryl methyl sites for hydroxylation is 1. The topological polar surface area (TPSA) is 50.4 Å². The molecule has 0 saturated carbocycles. The Morgan fingerprint density at radius 3 is 3.06 bits per heavy atom. The van der Waals surface area contributed by atoms with Gasteiger partial charge in [-0.15, -0.1) is 0 Å². The summed E-state index contributed by atoms with van der Waals surface area (Å²) in [4.78, 5) is 11.2. The van der Waals surface area contributed by atoms with Crippen LogP contribution in [0.1, 0.15) is 18.4 Å². The average Bonchev–Trinajstić information content (AvgIpc) is 2.82. The number of hydrogen-bond acceptors (Lipinski definition) is 3. The van der Waals surface area contributed by atoms with E-state index in [0.29, 0.717) is 6.42 Å². The first-order valence-corrected chi connectivity index (χ1v) is 6.11. The number of amides is 1. The quantitative estimate of drug-likeness (QED) is 0.808. The summed E-state index contributed by atoms with van der Waals surface area (Å²) in [6, 6.07) is 5.92. The number of carbonyl (C=O) groups is 1. The van der Waals surface area contributed by atoms with Crippen LogP contribution in [0, 0.1) is 0 Å². The van der Waals surface area contributed by atoms with Crippen LogP contribution in [0.15, 0.2) is 18.2 Å². The predicted octanol–water partition coefficient (Wildman–Crippen LogP) is 1.31. The van der Waals surface area contributed by atoms with Crippen molar-refractivity contribution in [3.63, 3.8) is 0 Å². The Hall–Kier alpha value is -1.55. The van der Waals surface area contributed by atoms with Gasteiger partial charge in [0.2, 0.25) is 5.91 Å². The minimum atomic E-state index is 0.103. The van der Waals surface area contributed by atoms with Crippen molar-refractivity contribution in [3.8, 4) is 5.75 Å². The van der Waals surface area contributed by atoms with Gasteiger partial charge in [0.05, 0.1) is 0 Å². The second kappa shape index (κ2) is 4.37. The molecule has 0 aromatic heterocycles. The van der Waals surface area contributed by atoms with Gasteiger partial charge in [-0.05, 0) is 43.1 Å². The molecule has 0 unspecified atom stereocenters. The molecule has 0 radical (unpaired) electrons. The molecule has 2 heterocycles. The van der Waals surface area contributed by atoms with Crippen molar-refractivity contribution in [1.29, 1.82) is 0 Å². The molecule has 1 fully saturated rings. The third-order valence-electron chi connectivity index (χ3n) is 3.29. The van der Waals surface area contributed by atoms with Crippen LogP contribution in [-0.4, -0.2) is 25.1 Å². The van der Waals surface area contributed by atoms with Gasteiger partial charge in [0, 0.05) is 18.7 Å². The lowest BCUT2D eigenvalue weighted by atomic mass is 10.0. The molecular formula is C13H16N2O2. The van der Waals surface area contributed by atoms with Crippen molar-refractivity contribution < 1.29 is 9.53 Å². The van der Waals surface area contributed by atoms with Gasteiger partial charge in [-0.25, -0.2) is 0 Å². The summed E-state index contributed by atoms with van der Waals surface area (Å²) in [6.07, 6.45) is 2.72. The summed E-state index contributed by atoms with van der Waals surface area (Å²) in [7, 11) is 0. The number of ether oxygens (including phenoxy) is 1. The molecule has 0 spiro atoms. The fraction of sp³-hybridized carbons (Fsp3) is 0.462. The average molecular weight is 232 g/mol. The van der Waals surface area contributed by atoms with Gasteiger partial charge in [-0.3, -0.25) is 4.79 Å². The van der Waals surface area contributed by atoms with Gasteiger partial charge < -0.3 is 15.4 Å². The summed E-state index contributed by atoms with van der Waals surface area (Å²) < 4.78 is 5.89. The maximum absolute atomic E-state index is 11.2. The van der Waals surface area contributed by atoms with Gasteiger partial charge >= 0.3 is 0 Å². The van der Waals surface area contributed by atoms with Crippen LogP contribution >= 0.6 is 0 Å². The minimum Gasteiger partial charge on any atom is -0.489 e. The molecule has 4 nitrogen and oxygen atoms in total. The lowest BCUT2D eigenvalue weighted by Gasteiger charge is -2.19. The third kappa shape index (κ3) is 2.26. The van der Waals surface area contributed by atoms with Crippen LogP contribution in [0.5, 0.6) is 5.75 Å². The predicted molar refractivity (Wildman–Crippen MR) is 65.3 cm³/mol. The molecule has 2 N–H and O–H groups in total. The number of rotatable bonds is 2. The molecule has 17 heavy (non-hydrogen) atoms. The van der Waals surface area contributed by atoms with Crippen molar-refractivity contribution in [2.24, 2.45) is 0 Å². The number of fused-ring (bicyclic) bond motifs is 1. The molecule has 2 aliphatic heterocycles. The largest absolute Gasteiger partial charge is 0.489 e. The van der Waals surface area contributed by atoms with Crippen molar-refractivity contribution in [3.05, 3.63) is 23.8 Å². The van der Waals surface area contributed by atoms with E-state index in [0.717, 1.165) is 37.4 Å². The van der Waals surface area contributed by atoms with Crippen molar-refractivity contribution in [1.82, 2.24) is 5.32 Å². The van der Waals surface area contributed by atoms with Gasteiger partial charge in [0.25, 0.3) is 0 Å². The molecule has 0 aliphatic carbocycles. The van der Waals surface area contributed by atoms with Crippen LogP contribution in [0.2, 0.25) is 0 Å². The number of anilines is 1. The normalized spacial score (nSPS) is 23.1. The first-order valence-electron chi connectivity index (χ1n) is 6.11. The van der Waals surface area contributed by atoms with Gasteiger partial charge in [0.15, 0.2) is 0 Å². The Morgan fingerprint density at radius 1 is 1.29 bits per heavy atom. The molecule has 0 bridgehead atoms. The Morgan fingerprint density at radius 2 is 2.24 bits per heavy atom. The highest BCUT2D eigenvalue weighted by atomic mass is 16.5. The van der Waals surface area contributed by atoms with E-state index in [9.17, 15) is 4.79 Å². The SMILES string of the molecule is O=C1CCc2cc(O[C@H]3CCNC3)ccc2N1. The lowest BCUT2D eigenvalue weighted by Crippen LogP contribution is -2.21. The molecule has 2 aliphatic rings. The van der Waals surface area contributed by atoms with Gasteiger partial charge in [0.1, 0.15) is 11.9 Å². The maximum atomic E-state index is 11.2. The number of carbonyl (C=O) groups excluding carboxylic acids is 1. The zero-order valence-electron chi connectivity index (χ0n) is 9.66. The Kier molecular flexibility index (Phi) is 2.73. The molecule has 1 saturated heterocycles. The molecule has 1 aromatic rings. The molecule has 1 amide bonds. The Balaban J connectivity index is 1.76. The first-order chi connectivity index (χ1) is 8.31. The monoisotopic (exact) mass is 232 g/mol. The van der Waals surface area contributed by atoms with E-state index in [1.54, 1.807) is 0 Å². The first kappa shape index (κ1) is 10.6. The summed E-state index contributed by atoms with van der Waals surface area (Å²) in [5.41, 5.74) is 2.10. The minimum absolute atomic E-state index is 0.103. The highest BCUT2D eigenvalue weighted by Crippen LogP contribution is 2.27. The standard InChI is InChI=1S/C13H16N2O2/c16-13-4-1-9-7-10(2-3-12(9)15-13)17-11-5-6-14-8-11/h2-3,7,11,14H,1,4-6,8H2,(H,15,16)/t11-/m0/s1. The highest BCUT2D eigenvalue weighted by molar-refractivity contribution is 5.93. The highest BCUT2D eigenvalue weighted by Gasteiger charge is 2.18. The van der Waals surface area contributed by atoms with E-state index < -0.39 is 0 Å². The summed E-state index contributed by atoms with van der Waals surface area (Å²) >= 11 is 0. The zero-order valence-corrected chi connectivity index (χ0v) is 9.66. The molecule has 3 rings (SSSR count). The van der Waals surface area contributed by atoms with E-state index in [2.05, 4.69) is 10.6 Å². The van der Waals surface area contributed by atoms with E-state index in [4.69, 9.17) is 4.74 Å². The third-order valence-corrected chi connectivity index (χ3v) is 3.29. The Labute approximate surface area is 100 Å². The summed E-state index contributed by atoms with van der Waals surface area (Å²) in [5.74, 6) is 1.01. The van der Waals surface area contributed by atoms with Crippen LogP contribution in [0.25, 0.3) is 0 Å². The zero-order chi connectivity index (χ0) is 11.7. The van der Waals surface area contributed by atoms with Gasteiger partial charge in [-0.2, -0.15) is 0 Å². The van der Waals surface area contributed by atoms with Crippen LogP contribution in [-0.2, 0) is 11.2 Å². The number of hydrogen-bond donors (Lipinski definition) is 2. The van der Waals surface area contributed by atoms with Crippen molar-refractivity contribution in [2.75, 3.05) is 18.4 Å². The molecule has 90 valence electrons. The van der Waals surface area contributed by atoms with Crippen molar-refractivity contribution in [2.45, 2.75) is 25.4 Å². The summed E-state index contributed by atoms with van der Waals surface area (Å²) in [6.45, 7) is 1.96. The molecule has 1 atom stereocenters. The van der Waals surface area contributed by atoms with E-state index in [1.165, 1.54) is 5.56 Å². The van der Waals surface area contributed by atoms with Crippen LogP contribution in [0.3, 0.4) is 0 Å². The lowest BCUT2D eigenvalue weighted by molar-refractivity contribution is -0.116. The Bertz CT molecular complexity index is 439. The van der Waals surface area contributed by atoms with Crippen molar-refractivity contribution >= 4 is 11.6 Å². The molecule has 4 heteroatoms. The van der Waals surface area contributed by atoms with Crippen LogP contribution in [0.4, 0.5) is 5.69 Å². The second-order valence-electron chi connectivity index (χ2n) is 4.60. The smallest absolute Gasteiger partial charge is 0.224 e. The number of benzene rings is 1. The maximum Gasteiger partial charge on any atom is 0.224 e. The van der Waals surface area contributed by atoms with Crippen LogP contribution < -0.4 is 15.4 Å². The summed E-state index contributed by atoms with van der Waals surface area (Å²) in [5, 5.41) is 6.15. The van der Waals surface area contributed by atoms with E-state index in [-0.39, 0.29) is 12.0 Å². The molecule has 1 aromatic carbocycles. The van der Waals surface area contributed by atoms with E-state index >= 15 is 0 Å². The van der Waals surface area contributed by atoms with E-state index in [1.807, 2.05) is 18.2 Å².